The van der Waals surface area contributed by atoms with Gasteiger partial charge in [-0.25, -0.2) is 0 Å². The van der Waals surface area contributed by atoms with E-state index in [-0.39, 0.29) is 16.7 Å². The van der Waals surface area contributed by atoms with Gasteiger partial charge in [0.15, 0.2) is 6.10 Å². The van der Waals surface area contributed by atoms with Gasteiger partial charge >= 0.3 is 0 Å². The van der Waals surface area contributed by atoms with E-state index in [0.29, 0.717) is 6.42 Å². The summed E-state index contributed by atoms with van der Waals surface area (Å²) in [6.45, 7) is 17.6. The van der Waals surface area contributed by atoms with Crippen LogP contribution in [-0.4, -0.2) is 12.0 Å². The van der Waals surface area contributed by atoms with E-state index in [9.17, 15) is 4.79 Å². The predicted octanol–water partition coefficient (Wildman–Crippen LogP) is 7.42. The number of carbonyl (C=O) groups excluding carboxylic acids is 1. The van der Waals surface area contributed by atoms with Crippen LogP contribution in [0.3, 0.4) is 0 Å². The van der Waals surface area contributed by atoms with Crippen molar-refractivity contribution in [2.45, 2.75) is 98.0 Å². The third-order valence-electron chi connectivity index (χ3n) is 6.85. The van der Waals surface area contributed by atoms with Gasteiger partial charge in [0.2, 0.25) is 0 Å². The van der Waals surface area contributed by atoms with Crippen molar-refractivity contribution in [3.63, 3.8) is 0 Å². The van der Waals surface area contributed by atoms with Crippen molar-refractivity contribution in [2.24, 2.45) is 0 Å². The van der Waals surface area contributed by atoms with E-state index in [1.54, 1.807) is 0 Å². The lowest BCUT2D eigenvalue weighted by Gasteiger charge is -2.31. The summed E-state index contributed by atoms with van der Waals surface area (Å²) in [4.78, 5) is 13.1. The van der Waals surface area contributed by atoms with Crippen LogP contribution in [0.1, 0.15) is 91.3 Å². The molecule has 2 rings (SSSR count). The molecule has 1 amide bonds. The lowest BCUT2D eigenvalue weighted by molar-refractivity contribution is -0.122. The highest BCUT2D eigenvalue weighted by Gasteiger charge is 2.29. The molecule has 0 radical (unpaired) electrons. The lowest BCUT2D eigenvalue weighted by Crippen LogP contribution is -2.33. The molecule has 1 atom stereocenters. The number of anilines is 1. The zero-order valence-corrected chi connectivity index (χ0v) is 20.8. The number of benzene rings is 2. The second-order valence-electron chi connectivity index (χ2n) is 9.70. The number of amides is 1. The topological polar surface area (TPSA) is 38.3 Å². The van der Waals surface area contributed by atoms with Crippen LogP contribution >= 0.6 is 0 Å². The molecular weight excluding hydrogens is 382 g/mol. The zero-order chi connectivity index (χ0) is 23.2. The molecule has 0 aliphatic heterocycles. The molecule has 0 bridgehead atoms. The van der Waals surface area contributed by atoms with Crippen LogP contribution in [0.5, 0.6) is 5.75 Å². The molecular formula is C28H41NO2. The number of hydrogen-bond donors (Lipinski definition) is 1. The first-order valence-electron chi connectivity index (χ1n) is 11.8. The molecule has 0 saturated carbocycles. The standard InChI is InChI=1S/C28H41NO2/c1-9-20-15-13-14-16-23(20)29-26(30)24(10-2)31-25-18-17-21(27(5,6)11-3)19-22(25)28(7,8)12-4/h13-19,24H,9-12H2,1-8H3,(H,29,30). The van der Waals surface area contributed by atoms with E-state index in [0.717, 1.165) is 36.3 Å². The lowest BCUT2D eigenvalue weighted by atomic mass is 9.76. The second-order valence-corrected chi connectivity index (χ2v) is 9.70. The van der Waals surface area contributed by atoms with Crippen LogP contribution in [0.2, 0.25) is 0 Å². The van der Waals surface area contributed by atoms with Gasteiger partial charge in [-0.2, -0.15) is 0 Å². The molecule has 170 valence electrons. The molecule has 0 heterocycles. The molecule has 31 heavy (non-hydrogen) atoms. The minimum Gasteiger partial charge on any atom is -0.480 e. The second kappa shape index (κ2) is 10.3. The van der Waals surface area contributed by atoms with Gasteiger partial charge in [0.25, 0.3) is 5.91 Å². The molecule has 2 aromatic rings. The molecule has 0 fully saturated rings. The Kier molecular flexibility index (Phi) is 8.34. The number of carbonyl (C=O) groups is 1. The molecule has 3 nitrogen and oxygen atoms in total. The Morgan fingerprint density at radius 2 is 1.58 bits per heavy atom. The monoisotopic (exact) mass is 423 g/mol. The van der Waals surface area contributed by atoms with Gasteiger partial charge in [-0.3, -0.25) is 4.79 Å². The summed E-state index contributed by atoms with van der Waals surface area (Å²) in [6, 6.07) is 14.5. The van der Waals surface area contributed by atoms with Crippen LogP contribution in [-0.2, 0) is 22.0 Å². The summed E-state index contributed by atoms with van der Waals surface area (Å²) in [6.07, 6.45) is 3.00. The number of para-hydroxylation sites is 1. The Morgan fingerprint density at radius 1 is 0.935 bits per heavy atom. The Labute approximate surface area is 189 Å². The fourth-order valence-corrected chi connectivity index (χ4v) is 3.62. The van der Waals surface area contributed by atoms with Crippen LogP contribution in [0.15, 0.2) is 42.5 Å². The summed E-state index contributed by atoms with van der Waals surface area (Å²) >= 11 is 0. The quantitative estimate of drug-likeness (QED) is 0.432. The van der Waals surface area contributed by atoms with Gasteiger partial charge in [0.1, 0.15) is 5.75 Å². The van der Waals surface area contributed by atoms with E-state index in [1.807, 2.05) is 31.2 Å². The number of nitrogens with one attached hydrogen (secondary N) is 1. The molecule has 0 aromatic heterocycles. The molecule has 2 aromatic carbocycles. The Morgan fingerprint density at radius 3 is 2.16 bits per heavy atom. The molecule has 3 heteroatoms. The maximum atomic E-state index is 13.1. The average Bonchev–Trinajstić information content (AvgIpc) is 2.77. The molecule has 1 N–H and O–H groups in total. The van der Waals surface area contributed by atoms with E-state index >= 15 is 0 Å². The highest BCUT2D eigenvalue weighted by atomic mass is 16.5. The van der Waals surface area contributed by atoms with Gasteiger partial charge in [-0.15, -0.1) is 0 Å². The first kappa shape index (κ1) is 25.0. The van der Waals surface area contributed by atoms with Gasteiger partial charge in [-0.1, -0.05) is 85.7 Å². The highest BCUT2D eigenvalue weighted by molar-refractivity contribution is 5.95. The highest BCUT2D eigenvalue weighted by Crippen LogP contribution is 2.39. The summed E-state index contributed by atoms with van der Waals surface area (Å²) in [5.74, 6) is 0.717. The van der Waals surface area contributed by atoms with Crippen molar-refractivity contribution in [1.82, 2.24) is 0 Å². The van der Waals surface area contributed by atoms with Gasteiger partial charge in [-0.05, 0) is 59.8 Å². The van der Waals surface area contributed by atoms with Gasteiger partial charge in [0.05, 0.1) is 0 Å². The van der Waals surface area contributed by atoms with Crippen LogP contribution in [0.4, 0.5) is 5.69 Å². The van der Waals surface area contributed by atoms with Crippen LogP contribution < -0.4 is 10.1 Å². The predicted molar refractivity (Wildman–Crippen MR) is 132 cm³/mol. The van der Waals surface area contributed by atoms with E-state index in [2.05, 4.69) is 72.0 Å². The van der Waals surface area contributed by atoms with Gasteiger partial charge in [0, 0.05) is 11.3 Å². The van der Waals surface area contributed by atoms with Crippen LogP contribution in [0, 0.1) is 0 Å². The van der Waals surface area contributed by atoms with Crippen molar-refractivity contribution in [2.75, 3.05) is 5.32 Å². The Bertz CT molecular complexity index is 882. The fourth-order valence-electron chi connectivity index (χ4n) is 3.62. The fraction of sp³-hybridized carbons (Fsp3) is 0.536. The van der Waals surface area contributed by atoms with E-state index in [4.69, 9.17) is 4.74 Å². The Balaban J connectivity index is 2.36. The summed E-state index contributed by atoms with van der Waals surface area (Å²) in [7, 11) is 0. The maximum Gasteiger partial charge on any atom is 0.265 e. The zero-order valence-electron chi connectivity index (χ0n) is 20.8. The van der Waals surface area contributed by atoms with Crippen molar-refractivity contribution < 1.29 is 9.53 Å². The minimum atomic E-state index is -0.540. The number of ether oxygens (including phenoxy) is 1. The number of aryl methyl sites for hydroxylation is 1. The SMILES string of the molecule is CCc1ccccc1NC(=O)C(CC)Oc1ccc(C(C)(C)CC)cc1C(C)(C)CC. The van der Waals surface area contributed by atoms with Crippen molar-refractivity contribution in [3.05, 3.63) is 59.2 Å². The largest absolute Gasteiger partial charge is 0.480 e. The van der Waals surface area contributed by atoms with E-state index in [1.165, 1.54) is 11.1 Å². The third-order valence-corrected chi connectivity index (χ3v) is 6.85. The molecule has 1 unspecified atom stereocenters. The first-order valence-corrected chi connectivity index (χ1v) is 11.8. The summed E-state index contributed by atoms with van der Waals surface area (Å²) < 4.78 is 6.38. The van der Waals surface area contributed by atoms with Crippen LogP contribution in [0.25, 0.3) is 0 Å². The number of hydrogen-bond acceptors (Lipinski definition) is 2. The average molecular weight is 424 g/mol. The Hall–Kier alpha value is -2.29. The smallest absolute Gasteiger partial charge is 0.265 e. The third kappa shape index (κ3) is 5.90. The van der Waals surface area contributed by atoms with Crippen molar-refractivity contribution in [1.29, 1.82) is 0 Å². The summed E-state index contributed by atoms with van der Waals surface area (Å²) in [5.41, 5.74) is 4.54. The molecule has 0 aliphatic rings. The molecule has 0 saturated heterocycles. The number of rotatable bonds is 10. The first-order chi connectivity index (χ1) is 14.6. The molecule has 0 spiro atoms. The maximum absolute atomic E-state index is 13.1. The van der Waals surface area contributed by atoms with Crippen molar-refractivity contribution in [3.8, 4) is 5.75 Å². The molecule has 0 aliphatic carbocycles. The van der Waals surface area contributed by atoms with E-state index < -0.39 is 6.10 Å². The minimum absolute atomic E-state index is 0.0429. The van der Waals surface area contributed by atoms with Crippen molar-refractivity contribution >= 4 is 11.6 Å². The van der Waals surface area contributed by atoms with Gasteiger partial charge < -0.3 is 10.1 Å². The normalized spacial score (nSPS) is 13.0. The summed E-state index contributed by atoms with van der Waals surface area (Å²) in [5, 5.41) is 3.09.